The molecule has 0 heterocycles. The molecule has 0 aliphatic heterocycles. The van der Waals surface area contributed by atoms with E-state index in [1.165, 1.54) is 31.3 Å². The van der Waals surface area contributed by atoms with Crippen LogP contribution in [0.25, 0.3) is 0 Å². The minimum absolute atomic E-state index is 0.0223. The minimum Gasteiger partial charge on any atom is -0.457 e. The molecule has 1 aromatic rings. The van der Waals surface area contributed by atoms with Crippen LogP contribution in [0.15, 0.2) is 24.3 Å². The molecule has 0 fully saturated rings. The van der Waals surface area contributed by atoms with Crippen molar-refractivity contribution in [2.45, 2.75) is 32.8 Å². The maximum Gasteiger partial charge on any atom is 0.407 e. The topological polar surface area (TPSA) is 119 Å². The Hall–Kier alpha value is -2.62. The summed E-state index contributed by atoms with van der Waals surface area (Å²) < 4.78 is 34.0. The largest absolute Gasteiger partial charge is 0.457 e. The molecule has 1 rings (SSSR count). The summed E-state index contributed by atoms with van der Waals surface area (Å²) in [6.07, 6.45) is 0.323. The van der Waals surface area contributed by atoms with Crippen LogP contribution < -0.4 is 9.62 Å². The zero-order valence-corrected chi connectivity index (χ0v) is 17.5. The number of nitrogens with one attached hydrogen (secondary N) is 1. The van der Waals surface area contributed by atoms with E-state index >= 15 is 0 Å². The number of anilines is 1. The smallest absolute Gasteiger partial charge is 0.407 e. The number of Topliss-reactive ketones (excluding diaryl/α,β-unsaturated/α-hetero) is 1. The van der Waals surface area contributed by atoms with E-state index < -0.39 is 40.1 Å². The van der Waals surface area contributed by atoms with Crippen molar-refractivity contribution in [1.29, 1.82) is 0 Å². The van der Waals surface area contributed by atoms with E-state index in [1.54, 1.807) is 20.8 Å². The Morgan fingerprint density at radius 1 is 1.11 bits per heavy atom. The maximum atomic E-state index is 12.1. The van der Waals surface area contributed by atoms with Gasteiger partial charge in [-0.2, -0.15) is 0 Å². The Labute approximate surface area is 165 Å². The Balaban J connectivity index is 2.43. The van der Waals surface area contributed by atoms with Gasteiger partial charge in [-0.3, -0.25) is 13.9 Å². The monoisotopic (exact) mass is 414 g/mol. The van der Waals surface area contributed by atoms with E-state index in [-0.39, 0.29) is 18.5 Å². The number of nitrogens with zero attached hydrogens (tertiary/aromatic N) is 1. The van der Waals surface area contributed by atoms with E-state index in [2.05, 4.69) is 5.32 Å². The molecule has 0 unspecified atom stereocenters. The van der Waals surface area contributed by atoms with E-state index in [9.17, 15) is 22.8 Å². The summed E-state index contributed by atoms with van der Waals surface area (Å²) >= 11 is 0. The van der Waals surface area contributed by atoms with Gasteiger partial charge in [0, 0.05) is 19.2 Å². The first kappa shape index (κ1) is 23.4. The lowest BCUT2D eigenvalue weighted by Crippen LogP contribution is -2.33. The predicted molar refractivity (Wildman–Crippen MR) is 104 cm³/mol. The third-order valence-corrected chi connectivity index (χ3v) is 4.62. The Morgan fingerprint density at radius 3 is 2.18 bits per heavy atom. The van der Waals surface area contributed by atoms with Crippen LogP contribution in [0.3, 0.4) is 0 Å². The molecule has 1 amide bonds. The number of amides is 1. The fourth-order valence-electron chi connectivity index (χ4n) is 1.93. The number of esters is 1. The first-order valence-corrected chi connectivity index (χ1v) is 10.3. The summed E-state index contributed by atoms with van der Waals surface area (Å²) in [5.74, 6) is -1.07. The average molecular weight is 414 g/mol. The molecule has 1 N–H and O–H groups in total. The van der Waals surface area contributed by atoms with Crippen molar-refractivity contribution in [3.05, 3.63) is 29.8 Å². The molecule has 0 saturated heterocycles. The molecule has 0 atom stereocenters. The molecular formula is C18H26N2O7S. The van der Waals surface area contributed by atoms with E-state index in [4.69, 9.17) is 9.47 Å². The molecule has 156 valence electrons. The number of hydrogen-bond acceptors (Lipinski definition) is 7. The maximum absolute atomic E-state index is 12.1. The number of alkyl carbamates (subject to hydrolysis) is 1. The molecule has 28 heavy (non-hydrogen) atoms. The summed E-state index contributed by atoms with van der Waals surface area (Å²) in [5, 5.41) is 2.42. The standard InChI is InChI=1S/C18H26N2O7S/c1-18(2,3)27-17(23)19-11-10-16(22)26-12-15(21)13-6-8-14(9-7-13)20(4)28(5,24)25/h6-9H,10-12H2,1-5H3,(H,19,23). The first-order chi connectivity index (χ1) is 12.8. The number of ether oxygens (including phenoxy) is 2. The van der Waals surface area contributed by atoms with Crippen LogP contribution >= 0.6 is 0 Å². The molecule has 0 radical (unpaired) electrons. The van der Waals surface area contributed by atoms with Gasteiger partial charge in [0.05, 0.1) is 18.4 Å². The molecule has 0 bridgehead atoms. The molecule has 0 spiro atoms. The molecule has 0 aliphatic rings. The number of sulfonamides is 1. The summed E-state index contributed by atoms with van der Waals surface area (Å²) in [5.41, 5.74) is 0.0532. The molecule has 0 aromatic heterocycles. The highest BCUT2D eigenvalue weighted by Gasteiger charge is 2.17. The lowest BCUT2D eigenvalue weighted by atomic mass is 10.1. The van der Waals surface area contributed by atoms with Gasteiger partial charge in [-0.1, -0.05) is 0 Å². The second-order valence-electron chi connectivity index (χ2n) is 7.04. The van der Waals surface area contributed by atoms with Gasteiger partial charge in [0.15, 0.2) is 12.4 Å². The molecule has 0 aliphatic carbocycles. The number of rotatable bonds is 8. The second-order valence-corrected chi connectivity index (χ2v) is 9.05. The predicted octanol–water partition coefficient (Wildman–Crippen LogP) is 1.72. The van der Waals surface area contributed by atoms with E-state index in [0.717, 1.165) is 10.6 Å². The zero-order chi connectivity index (χ0) is 21.5. The zero-order valence-electron chi connectivity index (χ0n) is 16.6. The first-order valence-electron chi connectivity index (χ1n) is 8.49. The van der Waals surface area contributed by atoms with Gasteiger partial charge in [-0.05, 0) is 45.0 Å². The van der Waals surface area contributed by atoms with Crippen molar-refractivity contribution >= 4 is 33.6 Å². The van der Waals surface area contributed by atoms with Crippen molar-refractivity contribution in [1.82, 2.24) is 5.32 Å². The molecule has 10 heteroatoms. The Morgan fingerprint density at radius 2 is 1.68 bits per heavy atom. The molecule has 0 saturated carbocycles. The van der Waals surface area contributed by atoms with Crippen molar-refractivity contribution < 1.29 is 32.3 Å². The van der Waals surface area contributed by atoms with Gasteiger partial charge in [0.1, 0.15) is 5.60 Å². The van der Waals surface area contributed by atoms with Crippen molar-refractivity contribution in [3.8, 4) is 0 Å². The van der Waals surface area contributed by atoms with Crippen LogP contribution in [-0.2, 0) is 24.3 Å². The van der Waals surface area contributed by atoms with Crippen LogP contribution in [0.4, 0.5) is 10.5 Å². The quantitative estimate of drug-likeness (QED) is 0.508. The number of carbonyl (C=O) groups excluding carboxylic acids is 3. The highest BCUT2D eigenvalue weighted by atomic mass is 32.2. The van der Waals surface area contributed by atoms with Gasteiger partial charge in [-0.15, -0.1) is 0 Å². The normalized spacial score (nSPS) is 11.5. The minimum atomic E-state index is -3.40. The summed E-state index contributed by atoms with van der Waals surface area (Å²) in [6.45, 7) is 4.73. The summed E-state index contributed by atoms with van der Waals surface area (Å²) in [6, 6.07) is 5.89. The van der Waals surface area contributed by atoms with Crippen LogP contribution in [0.2, 0.25) is 0 Å². The fraction of sp³-hybridized carbons (Fsp3) is 0.500. The van der Waals surface area contributed by atoms with E-state index in [1.807, 2.05) is 0 Å². The number of carbonyl (C=O) groups is 3. The van der Waals surface area contributed by atoms with E-state index in [0.29, 0.717) is 5.69 Å². The van der Waals surface area contributed by atoms with Gasteiger partial charge in [0.25, 0.3) is 0 Å². The van der Waals surface area contributed by atoms with Gasteiger partial charge in [-0.25, -0.2) is 13.2 Å². The lowest BCUT2D eigenvalue weighted by Gasteiger charge is -2.19. The third kappa shape index (κ3) is 8.38. The fourth-order valence-corrected chi connectivity index (χ4v) is 2.44. The highest BCUT2D eigenvalue weighted by Crippen LogP contribution is 2.16. The number of ketones is 1. The number of hydrogen-bond donors (Lipinski definition) is 1. The third-order valence-electron chi connectivity index (χ3n) is 3.41. The Bertz CT molecular complexity index is 811. The van der Waals surface area contributed by atoms with Gasteiger partial charge in [0.2, 0.25) is 10.0 Å². The second kappa shape index (κ2) is 9.54. The van der Waals surface area contributed by atoms with Crippen molar-refractivity contribution in [3.63, 3.8) is 0 Å². The van der Waals surface area contributed by atoms with Gasteiger partial charge < -0.3 is 14.8 Å². The van der Waals surface area contributed by atoms with Crippen LogP contribution in [0.1, 0.15) is 37.6 Å². The number of benzene rings is 1. The van der Waals surface area contributed by atoms with Crippen LogP contribution in [-0.4, -0.2) is 58.3 Å². The molecular weight excluding hydrogens is 388 g/mol. The SMILES string of the molecule is CN(c1ccc(C(=O)COC(=O)CCNC(=O)OC(C)(C)C)cc1)S(C)(=O)=O. The van der Waals surface area contributed by atoms with Crippen molar-refractivity contribution in [2.24, 2.45) is 0 Å². The molecule has 9 nitrogen and oxygen atoms in total. The Kier molecular flexibility index (Phi) is 7.98. The summed E-state index contributed by atoms with van der Waals surface area (Å²) in [7, 11) is -1.99. The molecule has 1 aromatic carbocycles. The van der Waals surface area contributed by atoms with Crippen molar-refractivity contribution in [2.75, 3.05) is 30.8 Å². The highest BCUT2D eigenvalue weighted by molar-refractivity contribution is 7.92. The lowest BCUT2D eigenvalue weighted by molar-refractivity contribution is -0.142. The summed E-state index contributed by atoms with van der Waals surface area (Å²) in [4.78, 5) is 35.2. The van der Waals surface area contributed by atoms with Gasteiger partial charge >= 0.3 is 12.1 Å². The van der Waals surface area contributed by atoms with Crippen LogP contribution in [0, 0.1) is 0 Å². The average Bonchev–Trinajstić information content (AvgIpc) is 2.56. The van der Waals surface area contributed by atoms with Crippen LogP contribution in [0.5, 0.6) is 0 Å².